The zero-order valence-corrected chi connectivity index (χ0v) is 11.7. The van der Waals surface area contributed by atoms with Gasteiger partial charge in [-0.1, -0.05) is 15.9 Å². The maximum absolute atomic E-state index is 13.7. The molecule has 0 bridgehead atoms. The summed E-state index contributed by atoms with van der Waals surface area (Å²) in [6.07, 6.45) is 1.11. The van der Waals surface area contributed by atoms with Gasteiger partial charge in [-0.25, -0.2) is 12.8 Å². The Kier molecular flexibility index (Phi) is 3.71. The molecule has 0 saturated carbocycles. The summed E-state index contributed by atoms with van der Waals surface area (Å²) in [5.41, 5.74) is 0. The van der Waals surface area contributed by atoms with Crippen molar-refractivity contribution < 1.29 is 12.8 Å². The van der Waals surface area contributed by atoms with Crippen molar-refractivity contribution in [1.29, 1.82) is 5.26 Å². The molecule has 1 unspecified atom stereocenters. The van der Waals surface area contributed by atoms with Gasteiger partial charge in [0.25, 0.3) is 0 Å². The van der Waals surface area contributed by atoms with Gasteiger partial charge in [0.15, 0.2) is 0 Å². The van der Waals surface area contributed by atoms with Gasteiger partial charge < -0.3 is 0 Å². The first-order valence-electron chi connectivity index (χ1n) is 5.33. The van der Waals surface area contributed by atoms with E-state index in [0.717, 1.165) is 10.4 Å². The van der Waals surface area contributed by atoms with E-state index >= 15 is 0 Å². The van der Waals surface area contributed by atoms with Crippen molar-refractivity contribution in [2.45, 2.75) is 23.8 Å². The maximum Gasteiger partial charge on any atom is 0.247 e. The van der Waals surface area contributed by atoms with Crippen molar-refractivity contribution in [3.05, 3.63) is 28.5 Å². The SMILES string of the molecule is N#CC1CCCN1S(=O)(=O)c1ccc(Br)cc1F. The van der Waals surface area contributed by atoms with Crippen molar-refractivity contribution >= 4 is 26.0 Å². The lowest BCUT2D eigenvalue weighted by molar-refractivity contribution is 0.432. The topological polar surface area (TPSA) is 61.2 Å². The molecule has 0 N–H and O–H groups in total. The molecule has 1 aromatic carbocycles. The second-order valence-electron chi connectivity index (χ2n) is 3.98. The largest absolute Gasteiger partial charge is 0.247 e. The summed E-state index contributed by atoms with van der Waals surface area (Å²) >= 11 is 3.07. The van der Waals surface area contributed by atoms with Gasteiger partial charge in [-0.15, -0.1) is 0 Å². The third-order valence-corrected chi connectivity index (χ3v) is 5.27. The summed E-state index contributed by atoms with van der Waals surface area (Å²) in [4.78, 5) is -0.382. The second kappa shape index (κ2) is 4.96. The van der Waals surface area contributed by atoms with Crippen molar-refractivity contribution in [3.8, 4) is 6.07 Å². The average molecular weight is 333 g/mol. The molecule has 7 heteroatoms. The molecule has 0 aromatic heterocycles. The number of hydrogen-bond donors (Lipinski definition) is 0. The zero-order chi connectivity index (χ0) is 13.3. The first-order valence-corrected chi connectivity index (χ1v) is 7.56. The van der Waals surface area contributed by atoms with Crippen LogP contribution in [0.3, 0.4) is 0 Å². The van der Waals surface area contributed by atoms with Crippen LogP contribution in [0, 0.1) is 17.1 Å². The number of sulfonamides is 1. The molecule has 1 aliphatic heterocycles. The fraction of sp³-hybridized carbons (Fsp3) is 0.364. The fourth-order valence-corrected chi connectivity index (χ4v) is 3.96. The Morgan fingerprint density at radius 2 is 2.22 bits per heavy atom. The standard InChI is InChI=1S/C11H10BrFN2O2S/c12-8-3-4-11(10(13)6-8)18(16,17)15-5-1-2-9(15)7-14/h3-4,6,9H,1-2,5H2. The Morgan fingerprint density at radius 3 is 2.83 bits per heavy atom. The van der Waals surface area contributed by atoms with Crippen LogP contribution in [0.25, 0.3) is 0 Å². The lowest BCUT2D eigenvalue weighted by atomic mass is 10.2. The van der Waals surface area contributed by atoms with E-state index in [9.17, 15) is 12.8 Å². The molecular weight excluding hydrogens is 323 g/mol. The number of nitriles is 1. The third-order valence-electron chi connectivity index (χ3n) is 2.83. The van der Waals surface area contributed by atoms with Gasteiger partial charge in [0.1, 0.15) is 16.8 Å². The molecule has 0 aliphatic carbocycles. The number of halogens is 2. The van der Waals surface area contributed by atoms with Crippen LogP contribution in [0.15, 0.2) is 27.6 Å². The van der Waals surface area contributed by atoms with Gasteiger partial charge in [-0.3, -0.25) is 0 Å². The number of rotatable bonds is 2. The van der Waals surface area contributed by atoms with Gasteiger partial charge in [0, 0.05) is 11.0 Å². The predicted octanol–water partition coefficient (Wildman–Crippen LogP) is 2.26. The molecule has 1 heterocycles. The molecule has 1 atom stereocenters. The third kappa shape index (κ3) is 2.28. The van der Waals surface area contributed by atoms with E-state index in [1.54, 1.807) is 0 Å². The summed E-state index contributed by atoms with van der Waals surface area (Å²) in [5.74, 6) is -0.812. The van der Waals surface area contributed by atoms with Gasteiger partial charge in [0.05, 0.1) is 6.07 Å². The Morgan fingerprint density at radius 1 is 1.50 bits per heavy atom. The number of benzene rings is 1. The Bertz CT molecular complexity index is 612. The highest BCUT2D eigenvalue weighted by atomic mass is 79.9. The van der Waals surface area contributed by atoms with Crippen LogP contribution in [0.5, 0.6) is 0 Å². The van der Waals surface area contributed by atoms with Gasteiger partial charge in [-0.05, 0) is 31.0 Å². The highest BCUT2D eigenvalue weighted by Gasteiger charge is 2.36. The summed E-state index contributed by atoms with van der Waals surface area (Å²) in [6, 6.07) is 5.02. The van der Waals surface area contributed by atoms with E-state index < -0.39 is 21.9 Å². The van der Waals surface area contributed by atoms with E-state index in [1.165, 1.54) is 12.1 Å². The minimum atomic E-state index is -3.93. The number of hydrogen-bond acceptors (Lipinski definition) is 3. The molecule has 96 valence electrons. The first-order chi connectivity index (χ1) is 8.46. The van der Waals surface area contributed by atoms with Gasteiger partial charge in [0.2, 0.25) is 10.0 Å². The van der Waals surface area contributed by atoms with E-state index in [0.29, 0.717) is 17.3 Å². The molecule has 4 nitrogen and oxygen atoms in total. The lowest BCUT2D eigenvalue weighted by Gasteiger charge is -2.19. The van der Waals surface area contributed by atoms with Gasteiger partial charge >= 0.3 is 0 Å². The zero-order valence-electron chi connectivity index (χ0n) is 9.31. The maximum atomic E-state index is 13.7. The van der Waals surface area contributed by atoms with Crippen LogP contribution in [0.4, 0.5) is 4.39 Å². The van der Waals surface area contributed by atoms with Crippen LogP contribution in [-0.4, -0.2) is 25.3 Å². The Labute approximate surface area is 113 Å². The molecule has 1 saturated heterocycles. The highest BCUT2D eigenvalue weighted by molar-refractivity contribution is 9.10. The van der Waals surface area contributed by atoms with E-state index in [1.807, 2.05) is 6.07 Å². The second-order valence-corrected chi connectivity index (χ2v) is 6.75. The summed E-state index contributed by atoms with van der Waals surface area (Å²) in [6.45, 7) is 0.260. The minimum Gasteiger partial charge on any atom is -0.207 e. The normalized spacial score (nSPS) is 20.8. The first kappa shape index (κ1) is 13.5. The number of nitrogens with zero attached hydrogens (tertiary/aromatic N) is 2. The Balaban J connectivity index is 2.46. The smallest absolute Gasteiger partial charge is 0.207 e. The van der Waals surface area contributed by atoms with E-state index in [4.69, 9.17) is 5.26 Å². The van der Waals surface area contributed by atoms with Crippen molar-refractivity contribution in [1.82, 2.24) is 4.31 Å². The quantitative estimate of drug-likeness (QED) is 0.834. The van der Waals surface area contributed by atoms with Crippen molar-refractivity contribution in [2.24, 2.45) is 0 Å². The molecule has 1 aliphatic rings. The predicted molar refractivity (Wildman–Crippen MR) is 66.6 cm³/mol. The van der Waals surface area contributed by atoms with Crippen molar-refractivity contribution in [2.75, 3.05) is 6.54 Å². The summed E-state index contributed by atoms with van der Waals surface area (Å²) < 4.78 is 39.8. The molecule has 0 radical (unpaired) electrons. The van der Waals surface area contributed by atoms with E-state index in [2.05, 4.69) is 15.9 Å². The molecule has 0 amide bonds. The van der Waals surface area contributed by atoms with E-state index in [-0.39, 0.29) is 11.4 Å². The Hall–Kier alpha value is -0.970. The summed E-state index contributed by atoms with van der Waals surface area (Å²) in [5, 5.41) is 8.90. The van der Waals surface area contributed by atoms with Crippen molar-refractivity contribution in [3.63, 3.8) is 0 Å². The van der Waals surface area contributed by atoms with Crippen LogP contribution < -0.4 is 0 Å². The van der Waals surface area contributed by atoms with Gasteiger partial charge in [-0.2, -0.15) is 9.57 Å². The molecule has 0 spiro atoms. The van der Waals surface area contributed by atoms with Crippen LogP contribution in [0.2, 0.25) is 0 Å². The average Bonchev–Trinajstić information content (AvgIpc) is 2.76. The van der Waals surface area contributed by atoms with Crippen LogP contribution >= 0.6 is 15.9 Å². The highest BCUT2D eigenvalue weighted by Crippen LogP contribution is 2.28. The molecule has 2 rings (SSSR count). The monoisotopic (exact) mass is 332 g/mol. The molecule has 18 heavy (non-hydrogen) atoms. The van der Waals surface area contributed by atoms with Crippen LogP contribution in [-0.2, 0) is 10.0 Å². The molecular formula is C11H10BrFN2O2S. The molecule has 1 fully saturated rings. The van der Waals surface area contributed by atoms with Crippen LogP contribution in [0.1, 0.15) is 12.8 Å². The molecule has 1 aromatic rings. The lowest BCUT2D eigenvalue weighted by Crippen LogP contribution is -2.35. The summed E-state index contributed by atoms with van der Waals surface area (Å²) in [7, 11) is -3.93. The fourth-order valence-electron chi connectivity index (χ4n) is 1.97. The minimum absolute atomic E-state index is 0.260.